The number of nitrogens with two attached hydrogens (primary N) is 1. The molecule has 0 aliphatic heterocycles. The molecule has 1 aliphatic rings. The lowest BCUT2D eigenvalue weighted by Crippen LogP contribution is -2.25. The molecule has 0 amide bonds. The van der Waals surface area contributed by atoms with E-state index in [9.17, 15) is 0 Å². The first-order valence-corrected chi connectivity index (χ1v) is 7.27. The second-order valence-corrected chi connectivity index (χ2v) is 5.37. The summed E-state index contributed by atoms with van der Waals surface area (Å²) < 4.78 is 6.13. The van der Waals surface area contributed by atoms with Gasteiger partial charge in [-0.1, -0.05) is 31.9 Å². The molecule has 0 aromatic heterocycles. The van der Waals surface area contributed by atoms with E-state index in [-0.39, 0.29) is 0 Å². The van der Waals surface area contributed by atoms with Gasteiger partial charge in [-0.15, -0.1) is 0 Å². The third-order valence-electron chi connectivity index (χ3n) is 3.95. The van der Waals surface area contributed by atoms with Crippen LogP contribution in [0.2, 0.25) is 0 Å². The Bertz CT molecular complexity index is 364. The Labute approximate surface area is 111 Å². The second-order valence-electron chi connectivity index (χ2n) is 5.37. The summed E-state index contributed by atoms with van der Waals surface area (Å²) in [6.07, 6.45) is 7.74. The standard InChI is InChI=1S/C16H25NO/c1-2-13-5-3-7-15(11-13)18-16-8-4-6-14(12-16)9-10-17/h4,6,8,12-13,15H,2-3,5,7,9-11,17H2,1H3. The molecule has 2 heteroatoms. The lowest BCUT2D eigenvalue weighted by atomic mass is 9.85. The van der Waals surface area contributed by atoms with E-state index in [0.717, 1.165) is 18.1 Å². The van der Waals surface area contributed by atoms with Crippen molar-refractivity contribution in [1.29, 1.82) is 0 Å². The summed E-state index contributed by atoms with van der Waals surface area (Å²) in [5.41, 5.74) is 6.87. The van der Waals surface area contributed by atoms with Crippen molar-refractivity contribution in [2.75, 3.05) is 6.54 Å². The second kappa shape index (κ2) is 6.79. The van der Waals surface area contributed by atoms with Gasteiger partial charge in [0.2, 0.25) is 0 Å². The molecular formula is C16H25NO. The van der Waals surface area contributed by atoms with Crippen LogP contribution in [0.4, 0.5) is 0 Å². The van der Waals surface area contributed by atoms with E-state index in [0.29, 0.717) is 12.6 Å². The first-order chi connectivity index (χ1) is 8.81. The van der Waals surface area contributed by atoms with Crippen LogP contribution in [0.5, 0.6) is 5.75 Å². The first kappa shape index (κ1) is 13.4. The van der Waals surface area contributed by atoms with Gasteiger partial charge in [0.15, 0.2) is 0 Å². The smallest absolute Gasteiger partial charge is 0.119 e. The van der Waals surface area contributed by atoms with E-state index in [1.807, 2.05) is 0 Å². The highest BCUT2D eigenvalue weighted by Gasteiger charge is 2.21. The fraction of sp³-hybridized carbons (Fsp3) is 0.625. The minimum atomic E-state index is 0.414. The van der Waals surface area contributed by atoms with Crippen LogP contribution in [0, 0.1) is 5.92 Å². The predicted molar refractivity (Wildman–Crippen MR) is 75.9 cm³/mol. The average molecular weight is 247 g/mol. The van der Waals surface area contributed by atoms with Crippen molar-refractivity contribution in [3.05, 3.63) is 29.8 Å². The summed E-state index contributed by atoms with van der Waals surface area (Å²) >= 11 is 0. The van der Waals surface area contributed by atoms with Crippen LogP contribution in [0.1, 0.15) is 44.6 Å². The van der Waals surface area contributed by atoms with Gasteiger partial charge in [-0.3, -0.25) is 0 Å². The molecule has 2 nitrogen and oxygen atoms in total. The van der Waals surface area contributed by atoms with Crippen LogP contribution >= 0.6 is 0 Å². The van der Waals surface area contributed by atoms with Gasteiger partial charge in [0.05, 0.1) is 6.10 Å². The summed E-state index contributed by atoms with van der Waals surface area (Å²) in [4.78, 5) is 0. The summed E-state index contributed by atoms with van der Waals surface area (Å²) in [5.74, 6) is 1.87. The normalized spacial score (nSPS) is 23.9. The number of rotatable bonds is 5. The maximum Gasteiger partial charge on any atom is 0.119 e. The van der Waals surface area contributed by atoms with Crippen molar-refractivity contribution in [1.82, 2.24) is 0 Å². The molecule has 2 atom stereocenters. The molecule has 1 fully saturated rings. The Kier molecular flexibility index (Phi) is 5.06. The summed E-state index contributed by atoms with van der Waals surface area (Å²) in [5, 5.41) is 0. The quantitative estimate of drug-likeness (QED) is 0.863. The molecule has 2 N–H and O–H groups in total. The molecular weight excluding hydrogens is 222 g/mol. The fourth-order valence-corrected chi connectivity index (χ4v) is 2.85. The minimum Gasteiger partial charge on any atom is -0.490 e. The van der Waals surface area contributed by atoms with Crippen molar-refractivity contribution in [2.24, 2.45) is 11.7 Å². The van der Waals surface area contributed by atoms with Crippen molar-refractivity contribution in [2.45, 2.75) is 51.6 Å². The summed E-state index contributed by atoms with van der Waals surface area (Å²) in [7, 11) is 0. The molecule has 100 valence electrons. The maximum absolute atomic E-state index is 6.13. The van der Waals surface area contributed by atoms with E-state index in [1.165, 1.54) is 37.7 Å². The van der Waals surface area contributed by atoms with Crippen LogP contribution < -0.4 is 10.5 Å². The van der Waals surface area contributed by atoms with Crippen molar-refractivity contribution in [3.8, 4) is 5.75 Å². The van der Waals surface area contributed by atoms with Gasteiger partial charge in [-0.2, -0.15) is 0 Å². The molecule has 1 aromatic rings. The van der Waals surface area contributed by atoms with E-state index in [4.69, 9.17) is 10.5 Å². The molecule has 1 saturated carbocycles. The molecule has 0 spiro atoms. The topological polar surface area (TPSA) is 35.2 Å². The highest BCUT2D eigenvalue weighted by molar-refractivity contribution is 5.29. The third kappa shape index (κ3) is 3.74. The minimum absolute atomic E-state index is 0.414. The molecule has 0 radical (unpaired) electrons. The Balaban J connectivity index is 1.93. The van der Waals surface area contributed by atoms with Crippen LogP contribution in [-0.2, 0) is 6.42 Å². The molecule has 2 rings (SSSR count). The van der Waals surface area contributed by atoms with Crippen molar-refractivity contribution < 1.29 is 4.74 Å². The van der Waals surface area contributed by atoms with Gasteiger partial charge in [-0.25, -0.2) is 0 Å². The molecule has 0 saturated heterocycles. The summed E-state index contributed by atoms with van der Waals surface area (Å²) in [6, 6.07) is 8.40. The van der Waals surface area contributed by atoms with Gasteiger partial charge < -0.3 is 10.5 Å². The Hall–Kier alpha value is -1.02. The van der Waals surface area contributed by atoms with E-state index in [1.54, 1.807) is 0 Å². The van der Waals surface area contributed by atoms with Crippen molar-refractivity contribution in [3.63, 3.8) is 0 Å². The fourth-order valence-electron chi connectivity index (χ4n) is 2.85. The number of hydrogen-bond donors (Lipinski definition) is 1. The Morgan fingerprint density at radius 3 is 3.00 bits per heavy atom. The van der Waals surface area contributed by atoms with Crippen molar-refractivity contribution >= 4 is 0 Å². The highest BCUT2D eigenvalue weighted by atomic mass is 16.5. The Morgan fingerprint density at radius 1 is 1.33 bits per heavy atom. The van der Waals surface area contributed by atoms with Gasteiger partial charge >= 0.3 is 0 Å². The summed E-state index contributed by atoms with van der Waals surface area (Å²) in [6.45, 7) is 2.99. The monoisotopic (exact) mass is 247 g/mol. The maximum atomic E-state index is 6.13. The molecule has 0 bridgehead atoms. The first-order valence-electron chi connectivity index (χ1n) is 7.27. The molecule has 1 aromatic carbocycles. The van der Waals surface area contributed by atoms with Crippen LogP contribution in [0.3, 0.4) is 0 Å². The zero-order valence-corrected chi connectivity index (χ0v) is 11.4. The van der Waals surface area contributed by atoms with E-state index in [2.05, 4.69) is 31.2 Å². The van der Waals surface area contributed by atoms with Gasteiger partial charge in [0, 0.05) is 0 Å². The molecule has 1 aliphatic carbocycles. The Morgan fingerprint density at radius 2 is 2.22 bits per heavy atom. The van der Waals surface area contributed by atoms with Crippen LogP contribution in [0.15, 0.2) is 24.3 Å². The van der Waals surface area contributed by atoms with Gasteiger partial charge in [0.25, 0.3) is 0 Å². The zero-order valence-electron chi connectivity index (χ0n) is 11.4. The largest absolute Gasteiger partial charge is 0.490 e. The van der Waals surface area contributed by atoms with Crippen LogP contribution in [-0.4, -0.2) is 12.6 Å². The number of benzene rings is 1. The zero-order chi connectivity index (χ0) is 12.8. The van der Waals surface area contributed by atoms with Crippen LogP contribution in [0.25, 0.3) is 0 Å². The van der Waals surface area contributed by atoms with E-state index < -0.39 is 0 Å². The number of ether oxygens (including phenoxy) is 1. The van der Waals surface area contributed by atoms with Gasteiger partial charge in [0.1, 0.15) is 5.75 Å². The lowest BCUT2D eigenvalue weighted by molar-refractivity contribution is 0.122. The highest BCUT2D eigenvalue weighted by Crippen LogP contribution is 2.29. The molecule has 0 heterocycles. The third-order valence-corrected chi connectivity index (χ3v) is 3.95. The van der Waals surface area contributed by atoms with E-state index >= 15 is 0 Å². The molecule has 18 heavy (non-hydrogen) atoms. The lowest BCUT2D eigenvalue weighted by Gasteiger charge is -2.29. The average Bonchev–Trinajstić information content (AvgIpc) is 2.40. The number of hydrogen-bond acceptors (Lipinski definition) is 2. The molecule has 2 unspecified atom stereocenters. The predicted octanol–water partition coefficient (Wildman–Crippen LogP) is 3.54. The SMILES string of the molecule is CCC1CCCC(Oc2cccc(CCN)c2)C1. The van der Waals surface area contributed by atoms with Gasteiger partial charge in [-0.05, 0) is 55.8 Å².